The maximum Gasteiger partial charge on any atom is 0.338 e. The van der Waals surface area contributed by atoms with Gasteiger partial charge in [0.2, 0.25) is 0 Å². The topological polar surface area (TPSA) is 108 Å². The number of rotatable bonds is 6. The van der Waals surface area contributed by atoms with Crippen molar-refractivity contribution >= 4 is 23.3 Å². The first-order valence-corrected chi connectivity index (χ1v) is 7.37. The summed E-state index contributed by atoms with van der Waals surface area (Å²) in [5, 5.41) is 13.6. The summed E-state index contributed by atoms with van der Waals surface area (Å²) in [5.41, 5.74) is 0.443. The van der Waals surface area contributed by atoms with E-state index in [4.69, 9.17) is 9.47 Å². The van der Waals surface area contributed by atoms with Gasteiger partial charge in [0.1, 0.15) is 0 Å². The Labute approximate surface area is 143 Å². The van der Waals surface area contributed by atoms with Crippen LogP contribution in [0.5, 0.6) is 5.75 Å². The average Bonchev–Trinajstić information content (AvgIpc) is 2.61. The van der Waals surface area contributed by atoms with Crippen LogP contribution >= 0.6 is 0 Å². The monoisotopic (exact) mass is 344 g/mol. The molecule has 0 heterocycles. The number of nitro benzene ring substituents is 1. The maximum atomic E-state index is 12.3. The number of amides is 1. The van der Waals surface area contributed by atoms with E-state index in [1.807, 2.05) is 0 Å². The van der Waals surface area contributed by atoms with Gasteiger partial charge in [0.05, 0.1) is 24.2 Å². The van der Waals surface area contributed by atoms with Crippen LogP contribution in [-0.4, -0.2) is 30.5 Å². The number of ether oxygens (including phenoxy) is 2. The van der Waals surface area contributed by atoms with Crippen molar-refractivity contribution in [2.45, 2.75) is 6.92 Å². The third-order valence-corrected chi connectivity index (χ3v) is 3.27. The lowest BCUT2D eigenvalue weighted by Crippen LogP contribution is -2.13. The SMILES string of the molecule is CCOC(=O)c1cccc(NC(=O)c2ccc(OC)c([N+](=O)[O-])c2)c1. The number of nitrogens with zero attached hydrogens (tertiary/aromatic N) is 1. The van der Waals surface area contributed by atoms with Crippen molar-refractivity contribution in [3.63, 3.8) is 0 Å². The minimum atomic E-state index is -0.628. The predicted octanol–water partition coefficient (Wildman–Crippen LogP) is 3.03. The number of anilines is 1. The average molecular weight is 344 g/mol. The van der Waals surface area contributed by atoms with Gasteiger partial charge in [0, 0.05) is 17.3 Å². The molecule has 1 amide bonds. The molecule has 0 aliphatic carbocycles. The number of methoxy groups -OCH3 is 1. The molecule has 0 saturated heterocycles. The molecular weight excluding hydrogens is 328 g/mol. The number of carbonyl (C=O) groups is 2. The highest BCUT2D eigenvalue weighted by Gasteiger charge is 2.18. The van der Waals surface area contributed by atoms with E-state index in [1.165, 1.54) is 25.3 Å². The molecular formula is C17H16N2O6. The first-order valence-electron chi connectivity index (χ1n) is 7.37. The summed E-state index contributed by atoms with van der Waals surface area (Å²) in [6.45, 7) is 1.94. The van der Waals surface area contributed by atoms with Crippen molar-refractivity contribution in [3.05, 3.63) is 63.7 Å². The zero-order valence-electron chi connectivity index (χ0n) is 13.6. The quantitative estimate of drug-likeness (QED) is 0.490. The number of benzene rings is 2. The summed E-state index contributed by atoms with van der Waals surface area (Å²) in [4.78, 5) is 34.4. The fourth-order valence-corrected chi connectivity index (χ4v) is 2.12. The molecule has 0 fully saturated rings. The Bertz CT molecular complexity index is 819. The molecule has 2 aromatic rings. The van der Waals surface area contributed by atoms with Gasteiger partial charge in [0.25, 0.3) is 5.91 Å². The van der Waals surface area contributed by atoms with Crippen molar-refractivity contribution in [2.75, 3.05) is 19.0 Å². The van der Waals surface area contributed by atoms with Crippen LogP contribution in [0.2, 0.25) is 0 Å². The number of hydrogen-bond acceptors (Lipinski definition) is 6. The van der Waals surface area contributed by atoms with Gasteiger partial charge in [-0.15, -0.1) is 0 Å². The normalized spacial score (nSPS) is 10.0. The zero-order chi connectivity index (χ0) is 18.4. The molecule has 25 heavy (non-hydrogen) atoms. The van der Waals surface area contributed by atoms with Crippen LogP contribution in [0.15, 0.2) is 42.5 Å². The third-order valence-electron chi connectivity index (χ3n) is 3.27. The van der Waals surface area contributed by atoms with Gasteiger partial charge >= 0.3 is 11.7 Å². The lowest BCUT2D eigenvalue weighted by molar-refractivity contribution is -0.385. The number of carbonyl (C=O) groups excluding carboxylic acids is 2. The van der Waals surface area contributed by atoms with Crippen LogP contribution in [0.1, 0.15) is 27.6 Å². The lowest BCUT2D eigenvalue weighted by Gasteiger charge is -2.08. The molecule has 1 N–H and O–H groups in total. The molecule has 2 aromatic carbocycles. The molecule has 0 bridgehead atoms. The second kappa shape index (κ2) is 7.91. The molecule has 2 rings (SSSR count). The Morgan fingerprint density at radius 3 is 2.56 bits per heavy atom. The molecule has 0 aromatic heterocycles. The highest BCUT2D eigenvalue weighted by atomic mass is 16.6. The van der Waals surface area contributed by atoms with Gasteiger partial charge in [-0.2, -0.15) is 0 Å². The first-order chi connectivity index (χ1) is 12.0. The first kappa shape index (κ1) is 17.9. The van der Waals surface area contributed by atoms with E-state index < -0.39 is 16.8 Å². The molecule has 8 heteroatoms. The molecule has 0 radical (unpaired) electrons. The molecule has 8 nitrogen and oxygen atoms in total. The predicted molar refractivity (Wildman–Crippen MR) is 90.0 cm³/mol. The van der Waals surface area contributed by atoms with E-state index >= 15 is 0 Å². The van der Waals surface area contributed by atoms with Crippen LogP contribution in [0, 0.1) is 10.1 Å². The minimum Gasteiger partial charge on any atom is -0.490 e. The lowest BCUT2D eigenvalue weighted by atomic mass is 10.1. The fourth-order valence-electron chi connectivity index (χ4n) is 2.12. The molecule has 0 saturated carbocycles. The molecule has 0 atom stereocenters. The van der Waals surface area contributed by atoms with E-state index in [2.05, 4.69) is 5.32 Å². The van der Waals surface area contributed by atoms with Gasteiger partial charge in [-0.1, -0.05) is 6.07 Å². The summed E-state index contributed by atoms with van der Waals surface area (Å²) in [6.07, 6.45) is 0. The van der Waals surface area contributed by atoms with E-state index in [0.29, 0.717) is 11.3 Å². The van der Waals surface area contributed by atoms with Crippen molar-refractivity contribution in [2.24, 2.45) is 0 Å². The Hall–Kier alpha value is -3.42. The number of nitro groups is 1. The Kier molecular flexibility index (Phi) is 5.67. The molecule has 0 unspecified atom stereocenters. The van der Waals surface area contributed by atoms with Crippen LogP contribution in [0.4, 0.5) is 11.4 Å². The van der Waals surface area contributed by atoms with Crippen LogP contribution in [0.3, 0.4) is 0 Å². The van der Waals surface area contributed by atoms with Gasteiger partial charge in [-0.25, -0.2) is 4.79 Å². The summed E-state index contributed by atoms with van der Waals surface area (Å²) in [7, 11) is 1.31. The highest BCUT2D eigenvalue weighted by Crippen LogP contribution is 2.27. The summed E-state index contributed by atoms with van der Waals surface area (Å²) < 4.78 is 9.80. The van der Waals surface area contributed by atoms with E-state index in [9.17, 15) is 19.7 Å². The van der Waals surface area contributed by atoms with E-state index in [-0.39, 0.29) is 23.6 Å². The Morgan fingerprint density at radius 1 is 1.16 bits per heavy atom. The summed E-state index contributed by atoms with van der Waals surface area (Å²) in [5.74, 6) is -0.990. The largest absolute Gasteiger partial charge is 0.490 e. The van der Waals surface area contributed by atoms with E-state index in [0.717, 1.165) is 6.07 Å². The molecule has 0 aliphatic rings. The number of nitrogens with one attached hydrogen (secondary N) is 1. The minimum absolute atomic E-state index is 0.0610. The van der Waals surface area contributed by atoms with Crippen molar-refractivity contribution in [3.8, 4) is 5.75 Å². The third kappa shape index (κ3) is 4.31. The second-order valence-corrected chi connectivity index (χ2v) is 4.90. The number of hydrogen-bond donors (Lipinski definition) is 1. The Balaban J connectivity index is 2.22. The molecule has 0 aliphatic heterocycles. The maximum absolute atomic E-state index is 12.3. The zero-order valence-corrected chi connectivity index (χ0v) is 13.6. The highest BCUT2D eigenvalue weighted by molar-refractivity contribution is 6.05. The standard InChI is InChI=1S/C17H16N2O6/c1-3-25-17(21)12-5-4-6-13(9-12)18-16(20)11-7-8-15(24-2)14(10-11)19(22)23/h4-10H,3H2,1-2H3,(H,18,20). The summed E-state index contributed by atoms with van der Waals surface area (Å²) >= 11 is 0. The van der Waals surface area contributed by atoms with Gasteiger partial charge in [-0.3, -0.25) is 14.9 Å². The van der Waals surface area contributed by atoms with Crippen LogP contribution in [-0.2, 0) is 4.74 Å². The van der Waals surface area contributed by atoms with Gasteiger partial charge < -0.3 is 14.8 Å². The fraction of sp³-hybridized carbons (Fsp3) is 0.176. The summed E-state index contributed by atoms with van der Waals surface area (Å²) in [6, 6.07) is 10.1. The van der Waals surface area contributed by atoms with Crippen molar-refractivity contribution in [1.82, 2.24) is 0 Å². The van der Waals surface area contributed by atoms with Gasteiger partial charge in [0.15, 0.2) is 5.75 Å². The Morgan fingerprint density at radius 2 is 1.92 bits per heavy atom. The van der Waals surface area contributed by atoms with Gasteiger partial charge in [-0.05, 0) is 37.3 Å². The van der Waals surface area contributed by atoms with Crippen LogP contribution < -0.4 is 10.1 Å². The van der Waals surface area contributed by atoms with Crippen molar-refractivity contribution in [1.29, 1.82) is 0 Å². The van der Waals surface area contributed by atoms with Crippen LogP contribution in [0.25, 0.3) is 0 Å². The van der Waals surface area contributed by atoms with Crippen molar-refractivity contribution < 1.29 is 24.0 Å². The molecule has 130 valence electrons. The van der Waals surface area contributed by atoms with E-state index in [1.54, 1.807) is 25.1 Å². The second-order valence-electron chi connectivity index (χ2n) is 4.90. The molecule has 0 spiro atoms. The smallest absolute Gasteiger partial charge is 0.338 e. The number of esters is 1.